The molecule has 0 aliphatic carbocycles. The topological polar surface area (TPSA) is 35.2 Å². The molecule has 2 aromatic carbocycles. The van der Waals surface area contributed by atoms with Crippen molar-refractivity contribution in [1.82, 2.24) is 0 Å². The van der Waals surface area contributed by atoms with Crippen molar-refractivity contribution in [3.05, 3.63) is 58.6 Å². The molecule has 0 atom stereocenters. The van der Waals surface area contributed by atoms with Crippen molar-refractivity contribution in [3.63, 3.8) is 0 Å². The molecule has 0 aliphatic heterocycles. The molecule has 0 heterocycles. The van der Waals surface area contributed by atoms with E-state index in [2.05, 4.69) is 0 Å². The van der Waals surface area contributed by atoms with Gasteiger partial charge >= 0.3 is 0 Å². The van der Waals surface area contributed by atoms with Crippen molar-refractivity contribution in [3.8, 4) is 11.5 Å². The largest absolute Gasteiger partial charge is 0.457 e. The van der Waals surface area contributed by atoms with E-state index in [0.717, 1.165) is 5.75 Å². The van der Waals surface area contributed by atoms with Crippen LogP contribution in [0.4, 0.5) is 0 Å². The Labute approximate surface area is 116 Å². The summed E-state index contributed by atoms with van der Waals surface area (Å²) in [6.07, 6.45) is 0. The first-order valence-corrected chi connectivity index (χ1v) is 6.19. The summed E-state index contributed by atoms with van der Waals surface area (Å²) in [6, 6.07) is 12.9. The molecule has 2 rings (SSSR count). The van der Waals surface area contributed by atoms with Gasteiger partial charge in [-0.2, -0.15) is 0 Å². The highest BCUT2D eigenvalue weighted by Crippen LogP contribution is 2.28. The van der Waals surface area contributed by atoms with Gasteiger partial charge in [-0.25, -0.2) is 0 Å². The Morgan fingerprint density at radius 3 is 2.44 bits per heavy atom. The lowest BCUT2D eigenvalue weighted by molar-refractivity contribution is 0.481. The minimum absolute atomic E-state index is 0.286. The zero-order chi connectivity index (χ0) is 13.1. The molecular formula is C14H12ClNOS. The van der Waals surface area contributed by atoms with Crippen LogP contribution in [0.5, 0.6) is 11.5 Å². The van der Waals surface area contributed by atoms with Gasteiger partial charge in [-0.05, 0) is 31.2 Å². The first kappa shape index (κ1) is 12.9. The third kappa shape index (κ3) is 3.00. The Morgan fingerprint density at radius 1 is 1.17 bits per heavy atom. The molecule has 4 heteroatoms. The van der Waals surface area contributed by atoms with Crippen LogP contribution in [-0.4, -0.2) is 4.99 Å². The quantitative estimate of drug-likeness (QED) is 0.859. The van der Waals surface area contributed by atoms with Gasteiger partial charge < -0.3 is 10.5 Å². The Balaban J connectivity index is 2.35. The summed E-state index contributed by atoms with van der Waals surface area (Å²) < 4.78 is 5.75. The summed E-state index contributed by atoms with van der Waals surface area (Å²) in [4.78, 5) is 0.286. The molecule has 0 saturated carbocycles. The molecule has 2 nitrogen and oxygen atoms in total. The van der Waals surface area contributed by atoms with Gasteiger partial charge in [-0.15, -0.1) is 0 Å². The fourth-order valence-electron chi connectivity index (χ4n) is 1.52. The SMILES string of the molecule is Cc1ccc(Oc2cc(Cl)ccc2C(N)=S)cc1. The molecule has 2 aromatic rings. The maximum atomic E-state index is 5.95. The van der Waals surface area contributed by atoms with E-state index < -0.39 is 0 Å². The molecule has 0 saturated heterocycles. The lowest BCUT2D eigenvalue weighted by Crippen LogP contribution is -2.10. The zero-order valence-corrected chi connectivity index (χ0v) is 11.4. The van der Waals surface area contributed by atoms with E-state index >= 15 is 0 Å². The van der Waals surface area contributed by atoms with E-state index in [0.29, 0.717) is 16.3 Å². The monoisotopic (exact) mass is 277 g/mol. The predicted molar refractivity (Wildman–Crippen MR) is 78.6 cm³/mol. The lowest BCUT2D eigenvalue weighted by atomic mass is 10.2. The summed E-state index contributed by atoms with van der Waals surface area (Å²) in [5.74, 6) is 1.29. The minimum atomic E-state index is 0.286. The molecule has 0 fully saturated rings. The molecule has 0 spiro atoms. The number of ether oxygens (including phenoxy) is 1. The fraction of sp³-hybridized carbons (Fsp3) is 0.0714. The van der Waals surface area contributed by atoms with Gasteiger partial charge in [0, 0.05) is 11.1 Å². The van der Waals surface area contributed by atoms with Crippen molar-refractivity contribution in [2.45, 2.75) is 6.92 Å². The van der Waals surface area contributed by atoms with Crippen LogP contribution >= 0.6 is 23.8 Å². The van der Waals surface area contributed by atoms with Crippen LogP contribution in [0.1, 0.15) is 11.1 Å². The van der Waals surface area contributed by atoms with Gasteiger partial charge in [0.25, 0.3) is 0 Å². The van der Waals surface area contributed by atoms with Gasteiger partial charge in [0.1, 0.15) is 16.5 Å². The third-order valence-corrected chi connectivity index (χ3v) is 2.91. The number of aryl methyl sites for hydroxylation is 1. The summed E-state index contributed by atoms with van der Waals surface area (Å²) >= 11 is 10.9. The molecule has 0 bridgehead atoms. The third-order valence-electron chi connectivity index (χ3n) is 2.46. The average molecular weight is 278 g/mol. The summed E-state index contributed by atoms with van der Waals surface area (Å²) in [6.45, 7) is 2.02. The second-order valence-electron chi connectivity index (χ2n) is 3.92. The molecule has 0 aromatic heterocycles. The summed E-state index contributed by atoms with van der Waals surface area (Å²) in [5, 5.41) is 0.581. The molecule has 18 heavy (non-hydrogen) atoms. The first-order valence-electron chi connectivity index (χ1n) is 5.40. The van der Waals surface area contributed by atoms with Crippen molar-refractivity contribution in [1.29, 1.82) is 0 Å². The number of rotatable bonds is 3. The summed E-state index contributed by atoms with van der Waals surface area (Å²) in [7, 11) is 0. The van der Waals surface area contributed by atoms with E-state index in [9.17, 15) is 0 Å². The van der Waals surface area contributed by atoms with E-state index in [-0.39, 0.29) is 4.99 Å². The van der Waals surface area contributed by atoms with E-state index in [1.54, 1.807) is 18.2 Å². The van der Waals surface area contributed by atoms with Gasteiger partial charge in [-0.3, -0.25) is 0 Å². The second kappa shape index (κ2) is 5.38. The van der Waals surface area contributed by atoms with Crippen molar-refractivity contribution < 1.29 is 4.74 Å². The minimum Gasteiger partial charge on any atom is -0.457 e. The Hall–Kier alpha value is -1.58. The number of benzene rings is 2. The summed E-state index contributed by atoms with van der Waals surface area (Å²) in [5.41, 5.74) is 7.50. The number of hydrogen-bond donors (Lipinski definition) is 1. The van der Waals surface area contributed by atoms with Gasteiger partial charge in [0.15, 0.2) is 0 Å². The van der Waals surface area contributed by atoms with Gasteiger partial charge in [0.2, 0.25) is 0 Å². The van der Waals surface area contributed by atoms with Crippen LogP contribution in [0.3, 0.4) is 0 Å². The molecule has 0 radical (unpaired) electrons. The second-order valence-corrected chi connectivity index (χ2v) is 4.80. The highest BCUT2D eigenvalue weighted by molar-refractivity contribution is 7.80. The molecule has 0 amide bonds. The number of thiocarbonyl (C=S) groups is 1. The highest BCUT2D eigenvalue weighted by Gasteiger charge is 2.08. The van der Waals surface area contributed by atoms with Crippen LogP contribution < -0.4 is 10.5 Å². The predicted octanol–water partition coefficient (Wildman–Crippen LogP) is 4.07. The van der Waals surface area contributed by atoms with E-state index in [1.165, 1.54) is 5.56 Å². The van der Waals surface area contributed by atoms with Crippen LogP contribution in [0.25, 0.3) is 0 Å². The van der Waals surface area contributed by atoms with E-state index in [1.807, 2.05) is 31.2 Å². The van der Waals surface area contributed by atoms with E-state index in [4.69, 9.17) is 34.3 Å². The normalized spacial score (nSPS) is 10.1. The molecule has 92 valence electrons. The zero-order valence-electron chi connectivity index (χ0n) is 9.81. The number of nitrogens with two attached hydrogens (primary N) is 1. The number of hydrogen-bond acceptors (Lipinski definition) is 2. The maximum Gasteiger partial charge on any atom is 0.139 e. The fourth-order valence-corrected chi connectivity index (χ4v) is 1.85. The first-order chi connectivity index (χ1) is 8.56. The Morgan fingerprint density at radius 2 is 1.83 bits per heavy atom. The average Bonchev–Trinajstić information content (AvgIpc) is 2.32. The number of halogens is 1. The molecule has 0 aliphatic rings. The van der Waals surface area contributed by atoms with Crippen molar-refractivity contribution >= 4 is 28.8 Å². The smallest absolute Gasteiger partial charge is 0.139 e. The Kier molecular flexibility index (Phi) is 3.84. The molecule has 0 unspecified atom stereocenters. The van der Waals surface area contributed by atoms with Crippen LogP contribution in [-0.2, 0) is 0 Å². The molecule has 2 N–H and O–H groups in total. The lowest BCUT2D eigenvalue weighted by Gasteiger charge is -2.10. The Bertz CT molecular complexity index is 581. The van der Waals surface area contributed by atoms with Gasteiger partial charge in [0.05, 0.1) is 5.56 Å². The van der Waals surface area contributed by atoms with Crippen molar-refractivity contribution in [2.75, 3.05) is 0 Å². The van der Waals surface area contributed by atoms with Crippen LogP contribution in [0.15, 0.2) is 42.5 Å². The molecular weight excluding hydrogens is 266 g/mol. The van der Waals surface area contributed by atoms with Crippen LogP contribution in [0, 0.1) is 6.92 Å². The highest BCUT2D eigenvalue weighted by atomic mass is 35.5. The van der Waals surface area contributed by atoms with Crippen LogP contribution in [0.2, 0.25) is 5.02 Å². The standard InChI is InChI=1S/C14H12ClNOS/c1-9-2-5-11(6-3-9)17-13-8-10(15)4-7-12(13)14(16)18/h2-8H,1H3,(H2,16,18). The van der Waals surface area contributed by atoms with Crippen molar-refractivity contribution in [2.24, 2.45) is 5.73 Å². The van der Waals surface area contributed by atoms with Gasteiger partial charge in [-0.1, -0.05) is 41.5 Å². The maximum absolute atomic E-state index is 5.95.